The molecule has 1 aliphatic heterocycles. The lowest BCUT2D eigenvalue weighted by molar-refractivity contribution is -0.383. The Labute approximate surface area is 121 Å². The highest BCUT2D eigenvalue weighted by molar-refractivity contribution is 5.82. The summed E-state index contributed by atoms with van der Waals surface area (Å²) in [6, 6.07) is 0. The molecule has 114 valence electrons. The smallest absolute Gasteiger partial charge is 0.353 e. The number of carbonyl (C=O) groups is 1. The van der Waals surface area contributed by atoms with Gasteiger partial charge in [-0.25, -0.2) is 9.97 Å². The van der Waals surface area contributed by atoms with Gasteiger partial charge >= 0.3 is 5.69 Å². The molecule has 0 aliphatic carbocycles. The molecule has 1 unspecified atom stereocenters. The fourth-order valence-electron chi connectivity index (χ4n) is 2.41. The first-order chi connectivity index (χ1) is 9.89. The minimum absolute atomic E-state index is 0.173. The number of rotatable bonds is 5. The number of primary amides is 1. The number of nitrogens with one attached hydrogen (secondary N) is 1. The van der Waals surface area contributed by atoms with Gasteiger partial charge in [0.05, 0.1) is 10.3 Å². The van der Waals surface area contributed by atoms with Crippen LogP contribution in [0.25, 0.3) is 0 Å². The first-order valence-electron chi connectivity index (χ1n) is 6.67. The molecule has 1 aromatic heterocycles. The van der Waals surface area contributed by atoms with Crippen LogP contribution in [-0.4, -0.2) is 40.4 Å². The second-order valence-corrected chi connectivity index (χ2v) is 5.28. The standard InChI is InChI=1S/C12H18N6O3/c1-3-14-9-8(18(20)21)10(16-7-15-9)17-5-4-12(2,6-17)11(13)19/h7H,3-6H2,1-2H3,(H2,13,19)(H,14,15,16). The van der Waals surface area contributed by atoms with E-state index in [4.69, 9.17) is 5.73 Å². The van der Waals surface area contributed by atoms with Gasteiger partial charge < -0.3 is 16.0 Å². The van der Waals surface area contributed by atoms with Gasteiger partial charge in [-0.15, -0.1) is 0 Å². The van der Waals surface area contributed by atoms with Crippen molar-refractivity contribution in [3.63, 3.8) is 0 Å². The summed E-state index contributed by atoms with van der Waals surface area (Å²) >= 11 is 0. The van der Waals surface area contributed by atoms with Crippen molar-refractivity contribution in [2.75, 3.05) is 29.9 Å². The van der Waals surface area contributed by atoms with Crippen molar-refractivity contribution < 1.29 is 9.72 Å². The maximum Gasteiger partial charge on any atom is 0.353 e. The molecule has 1 fully saturated rings. The lowest BCUT2D eigenvalue weighted by atomic mass is 9.89. The van der Waals surface area contributed by atoms with Gasteiger partial charge in [0.1, 0.15) is 6.33 Å². The number of amides is 1. The molecule has 0 saturated carbocycles. The number of nitrogens with zero attached hydrogens (tertiary/aromatic N) is 4. The van der Waals surface area contributed by atoms with Crippen LogP contribution in [0.3, 0.4) is 0 Å². The quantitative estimate of drug-likeness (QED) is 0.598. The average molecular weight is 294 g/mol. The molecule has 21 heavy (non-hydrogen) atoms. The zero-order valence-corrected chi connectivity index (χ0v) is 12.0. The summed E-state index contributed by atoms with van der Waals surface area (Å²) in [5.74, 6) is -0.00952. The maximum atomic E-state index is 11.5. The summed E-state index contributed by atoms with van der Waals surface area (Å²) < 4.78 is 0. The lowest BCUT2D eigenvalue weighted by Gasteiger charge is -2.21. The third-order valence-electron chi connectivity index (χ3n) is 3.70. The van der Waals surface area contributed by atoms with Crippen molar-refractivity contribution in [2.45, 2.75) is 20.3 Å². The average Bonchev–Trinajstić information content (AvgIpc) is 2.82. The molecule has 3 N–H and O–H groups in total. The zero-order chi connectivity index (χ0) is 15.6. The molecule has 0 spiro atoms. The third-order valence-corrected chi connectivity index (χ3v) is 3.70. The molecule has 0 aromatic carbocycles. The van der Waals surface area contributed by atoms with Crippen molar-refractivity contribution >= 4 is 23.2 Å². The Balaban J connectivity index is 2.39. The second kappa shape index (κ2) is 5.51. The molecular weight excluding hydrogens is 276 g/mol. The van der Waals surface area contributed by atoms with Crippen molar-refractivity contribution in [3.8, 4) is 0 Å². The first-order valence-corrected chi connectivity index (χ1v) is 6.67. The van der Waals surface area contributed by atoms with Gasteiger partial charge in [-0.1, -0.05) is 0 Å². The van der Waals surface area contributed by atoms with E-state index in [0.717, 1.165) is 0 Å². The Bertz CT molecular complexity index is 578. The number of nitrogens with two attached hydrogens (primary N) is 1. The minimum atomic E-state index is -0.697. The van der Waals surface area contributed by atoms with E-state index in [1.165, 1.54) is 6.33 Å². The third kappa shape index (κ3) is 2.71. The van der Waals surface area contributed by atoms with Gasteiger partial charge in [0.2, 0.25) is 17.5 Å². The highest BCUT2D eigenvalue weighted by Crippen LogP contribution is 2.38. The van der Waals surface area contributed by atoms with E-state index >= 15 is 0 Å². The van der Waals surface area contributed by atoms with E-state index in [-0.39, 0.29) is 17.3 Å². The summed E-state index contributed by atoms with van der Waals surface area (Å²) in [6.07, 6.45) is 1.82. The normalized spacial score (nSPS) is 21.3. The van der Waals surface area contributed by atoms with Crippen molar-refractivity contribution in [1.82, 2.24) is 9.97 Å². The topological polar surface area (TPSA) is 127 Å². The fourth-order valence-corrected chi connectivity index (χ4v) is 2.41. The number of carbonyl (C=O) groups excluding carboxylic acids is 1. The number of nitro groups is 1. The molecule has 1 atom stereocenters. The Morgan fingerprint density at radius 3 is 2.86 bits per heavy atom. The number of anilines is 2. The van der Waals surface area contributed by atoms with Crippen molar-refractivity contribution in [2.24, 2.45) is 11.1 Å². The molecule has 1 aromatic rings. The van der Waals surface area contributed by atoms with Gasteiger partial charge in [0.15, 0.2) is 0 Å². The van der Waals surface area contributed by atoms with Gasteiger partial charge in [-0.3, -0.25) is 14.9 Å². The molecule has 9 heteroatoms. The predicted molar refractivity (Wildman–Crippen MR) is 77.0 cm³/mol. The maximum absolute atomic E-state index is 11.5. The van der Waals surface area contributed by atoms with Crippen LogP contribution in [0.15, 0.2) is 6.33 Å². The summed E-state index contributed by atoms with van der Waals surface area (Å²) in [6.45, 7) is 4.89. The first kappa shape index (κ1) is 14.9. The minimum Gasteiger partial charge on any atom is -0.369 e. The molecule has 1 saturated heterocycles. The van der Waals surface area contributed by atoms with E-state index in [9.17, 15) is 14.9 Å². The Morgan fingerprint density at radius 2 is 2.33 bits per heavy atom. The van der Waals surface area contributed by atoms with Crippen LogP contribution in [0.5, 0.6) is 0 Å². The number of hydrogen-bond acceptors (Lipinski definition) is 7. The summed E-state index contributed by atoms with van der Waals surface area (Å²) in [5.41, 5.74) is 4.53. The van der Waals surface area contributed by atoms with Crippen LogP contribution in [0.4, 0.5) is 17.3 Å². The number of aromatic nitrogens is 2. The SMILES string of the molecule is CCNc1ncnc(N2CCC(C)(C(N)=O)C2)c1[N+](=O)[O-]. The second-order valence-electron chi connectivity index (χ2n) is 5.28. The van der Waals surface area contributed by atoms with Crippen LogP contribution >= 0.6 is 0 Å². The van der Waals surface area contributed by atoms with E-state index < -0.39 is 16.2 Å². The van der Waals surface area contributed by atoms with Gasteiger partial charge in [0.25, 0.3) is 0 Å². The van der Waals surface area contributed by atoms with E-state index in [0.29, 0.717) is 26.1 Å². The molecule has 2 rings (SSSR count). The highest BCUT2D eigenvalue weighted by atomic mass is 16.6. The molecule has 2 heterocycles. The fraction of sp³-hybridized carbons (Fsp3) is 0.583. The lowest BCUT2D eigenvalue weighted by Crippen LogP contribution is -2.37. The predicted octanol–water partition coefficient (Wildman–Crippen LogP) is 0.518. The molecule has 1 aliphatic rings. The largest absolute Gasteiger partial charge is 0.369 e. The van der Waals surface area contributed by atoms with Gasteiger partial charge in [-0.2, -0.15) is 0 Å². The van der Waals surface area contributed by atoms with Gasteiger partial charge in [-0.05, 0) is 20.3 Å². The van der Waals surface area contributed by atoms with Crippen LogP contribution in [0.1, 0.15) is 20.3 Å². The van der Waals surface area contributed by atoms with E-state index in [1.807, 2.05) is 6.92 Å². The highest BCUT2D eigenvalue weighted by Gasteiger charge is 2.41. The van der Waals surface area contributed by atoms with Crippen LogP contribution < -0.4 is 16.0 Å². The van der Waals surface area contributed by atoms with Crippen LogP contribution in [0, 0.1) is 15.5 Å². The summed E-state index contributed by atoms with van der Waals surface area (Å²) in [5, 5.41) is 14.2. The summed E-state index contributed by atoms with van der Waals surface area (Å²) in [4.78, 5) is 32.0. The Morgan fingerprint density at radius 1 is 1.62 bits per heavy atom. The van der Waals surface area contributed by atoms with E-state index in [2.05, 4.69) is 15.3 Å². The van der Waals surface area contributed by atoms with Crippen molar-refractivity contribution in [3.05, 3.63) is 16.4 Å². The summed E-state index contributed by atoms with van der Waals surface area (Å²) in [7, 11) is 0. The molecule has 9 nitrogen and oxygen atoms in total. The monoisotopic (exact) mass is 294 g/mol. The van der Waals surface area contributed by atoms with Gasteiger partial charge in [0, 0.05) is 19.6 Å². The van der Waals surface area contributed by atoms with Crippen LogP contribution in [0.2, 0.25) is 0 Å². The molecular formula is C12H18N6O3. The Kier molecular flexibility index (Phi) is 3.92. The van der Waals surface area contributed by atoms with Crippen molar-refractivity contribution in [1.29, 1.82) is 0 Å². The Hall–Kier alpha value is -2.45. The molecule has 1 amide bonds. The molecule has 0 radical (unpaired) electrons. The molecule has 0 bridgehead atoms. The zero-order valence-electron chi connectivity index (χ0n) is 12.0. The number of hydrogen-bond donors (Lipinski definition) is 2. The van der Waals surface area contributed by atoms with E-state index in [1.54, 1.807) is 11.8 Å². The van der Waals surface area contributed by atoms with Crippen LogP contribution in [-0.2, 0) is 4.79 Å².